The molecule has 0 spiro atoms. The highest BCUT2D eigenvalue weighted by molar-refractivity contribution is 8.01. The van der Waals surface area contributed by atoms with Gasteiger partial charge in [-0.25, -0.2) is 0 Å². The number of aromatic nitrogens is 2. The molecule has 0 radical (unpaired) electrons. The van der Waals surface area contributed by atoms with Gasteiger partial charge in [0.25, 0.3) is 0 Å². The van der Waals surface area contributed by atoms with Gasteiger partial charge in [-0.1, -0.05) is 52.9 Å². The summed E-state index contributed by atoms with van der Waals surface area (Å²) in [4.78, 5) is 12.1. The van der Waals surface area contributed by atoms with Gasteiger partial charge in [0.05, 0.1) is 5.75 Å². The molecule has 6 nitrogen and oxygen atoms in total. The maximum atomic E-state index is 12.1. The van der Waals surface area contributed by atoms with Crippen molar-refractivity contribution in [1.82, 2.24) is 15.5 Å². The third-order valence-electron chi connectivity index (χ3n) is 4.97. The van der Waals surface area contributed by atoms with E-state index in [0.29, 0.717) is 17.4 Å². The topological polar surface area (TPSA) is 76.1 Å². The summed E-state index contributed by atoms with van der Waals surface area (Å²) >= 11 is 2.84. The number of para-hydroxylation sites is 1. The van der Waals surface area contributed by atoms with Crippen molar-refractivity contribution in [3.8, 4) is 11.5 Å². The van der Waals surface area contributed by atoms with E-state index < -0.39 is 0 Å². The van der Waals surface area contributed by atoms with Gasteiger partial charge in [-0.3, -0.25) is 4.79 Å². The Bertz CT molecular complexity index is 1040. The first-order valence-corrected chi connectivity index (χ1v) is 12.6. The van der Waals surface area contributed by atoms with Crippen LogP contribution in [0.25, 0.3) is 0 Å². The van der Waals surface area contributed by atoms with Gasteiger partial charge in [0.2, 0.25) is 11.0 Å². The van der Waals surface area contributed by atoms with Crippen molar-refractivity contribution in [3.63, 3.8) is 0 Å². The van der Waals surface area contributed by atoms with Crippen molar-refractivity contribution in [2.75, 3.05) is 17.6 Å². The number of carbonyl (C=O) groups excluding carboxylic acids is 1. The van der Waals surface area contributed by atoms with Gasteiger partial charge in [0, 0.05) is 12.2 Å². The van der Waals surface area contributed by atoms with Crippen molar-refractivity contribution in [2.45, 2.75) is 36.4 Å². The van der Waals surface area contributed by atoms with Crippen LogP contribution in [0.4, 0.5) is 10.8 Å². The van der Waals surface area contributed by atoms with Crippen LogP contribution in [-0.4, -0.2) is 28.4 Å². The van der Waals surface area contributed by atoms with Crippen LogP contribution in [-0.2, 0) is 4.79 Å². The Labute approximate surface area is 196 Å². The normalized spacial score (nSPS) is 13.3. The standard InChI is InChI=1S/C24H26N4O2S2/c29-22(25-16-15-18-7-3-1-4-8-18)17-31-24-28-27-23(32-24)26-19-11-13-21(14-12-19)30-20-9-5-2-6-10-20/h2,5-7,9-14H,1,3-4,8,15-17H2,(H,25,29)(H,26,27). The van der Waals surface area contributed by atoms with E-state index in [9.17, 15) is 4.79 Å². The molecule has 2 N–H and O–H groups in total. The van der Waals surface area contributed by atoms with E-state index in [2.05, 4.69) is 26.9 Å². The van der Waals surface area contributed by atoms with E-state index in [1.807, 2.05) is 54.6 Å². The molecule has 0 bridgehead atoms. The highest BCUT2D eigenvalue weighted by Gasteiger charge is 2.09. The van der Waals surface area contributed by atoms with Crippen LogP contribution in [0.2, 0.25) is 0 Å². The van der Waals surface area contributed by atoms with Crippen LogP contribution in [0.1, 0.15) is 32.1 Å². The molecule has 3 aromatic rings. The Hall–Kier alpha value is -2.84. The third-order valence-corrected chi connectivity index (χ3v) is 6.94. The number of hydrogen-bond acceptors (Lipinski definition) is 7. The second-order valence-electron chi connectivity index (χ2n) is 7.43. The fourth-order valence-electron chi connectivity index (χ4n) is 3.35. The molecular weight excluding hydrogens is 440 g/mol. The molecule has 0 saturated carbocycles. The molecule has 0 fully saturated rings. The smallest absolute Gasteiger partial charge is 0.230 e. The van der Waals surface area contributed by atoms with E-state index in [-0.39, 0.29) is 5.91 Å². The number of nitrogens with one attached hydrogen (secondary N) is 2. The molecule has 32 heavy (non-hydrogen) atoms. The Morgan fingerprint density at radius 3 is 2.62 bits per heavy atom. The maximum Gasteiger partial charge on any atom is 0.230 e. The highest BCUT2D eigenvalue weighted by atomic mass is 32.2. The fraction of sp³-hybridized carbons (Fsp3) is 0.292. The SMILES string of the molecule is O=C(CSc1nnc(Nc2ccc(Oc3ccccc3)cc2)s1)NCCC1=CCCCC1. The molecule has 1 heterocycles. The first-order valence-electron chi connectivity index (χ1n) is 10.8. The van der Waals surface area contributed by atoms with Crippen LogP contribution >= 0.6 is 23.1 Å². The van der Waals surface area contributed by atoms with Gasteiger partial charge >= 0.3 is 0 Å². The molecule has 1 aliphatic carbocycles. The Morgan fingerprint density at radius 2 is 1.84 bits per heavy atom. The number of thioether (sulfide) groups is 1. The Balaban J connectivity index is 1.19. The number of rotatable bonds is 10. The van der Waals surface area contributed by atoms with E-state index in [1.54, 1.807) is 0 Å². The van der Waals surface area contributed by atoms with Crippen molar-refractivity contribution < 1.29 is 9.53 Å². The maximum absolute atomic E-state index is 12.1. The quantitative estimate of drug-likeness (QED) is 0.275. The monoisotopic (exact) mass is 466 g/mol. The molecule has 0 unspecified atom stereocenters. The molecule has 0 aliphatic heterocycles. The lowest BCUT2D eigenvalue weighted by atomic mass is 9.97. The molecule has 8 heteroatoms. The highest BCUT2D eigenvalue weighted by Crippen LogP contribution is 2.29. The van der Waals surface area contributed by atoms with Gasteiger partial charge in [-0.2, -0.15) is 0 Å². The molecule has 166 valence electrons. The van der Waals surface area contributed by atoms with Crippen molar-refractivity contribution >= 4 is 39.8 Å². The summed E-state index contributed by atoms with van der Waals surface area (Å²) in [6, 6.07) is 17.3. The summed E-state index contributed by atoms with van der Waals surface area (Å²) in [7, 11) is 0. The van der Waals surface area contributed by atoms with Crippen LogP contribution < -0.4 is 15.4 Å². The molecule has 0 saturated heterocycles. The van der Waals surface area contributed by atoms with E-state index in [1.165, 1.54) is 54.4 Å². The average molecular weight is 467 g/mol. The number of hydrogen-bond donors (Lipinski definition) is 2. The van der Waals surface area contributed by atoms with Crippen LogP contribution in [0.5, 0.6) is 11.5 Å². The van der Waals surface area contributed by atoms with Gasteiger partial charge in [0.1, 0.15) is 11.5 Å². The number of carbonyl (C=O) groups is 1. The zero-order valence-electron chi connectivity index (χ0n) is 17.8. The number of amides is 1. The van der Waals surface area contributed by atoms with Crippen LogP contribution in [0.3, 0.4) is 0 Å². The van der Waals surface area contributed by atoms with Gasteiger partial charge in [0.15, 0.2) is 4.34 Å². The van der Waals surface area contributed by atoms with Gasteiger partial charge < -0.3 is 15.4 Å². The third kappa shape index (κ3) is 7.10. The molecule has 2 aromatic carbocycles. The summed E-state index contributed by atoms with van der Waals surface area (Å²) in [6.45, 7) is 0.706. The largest absolute Gasteiger partial charge is 0.457 e. The Morgan fingerprint density at radius 1 is 1.03 bits per heavy atom. The van der Waals surface area contributed by atoms with E-state index in [0.717, 1.165) is 27.9 Å². The summed E-state index contributed by atoms with van der Waals surface area (Å²) in [5.74, 6) is 1.94. The lowest BCUT2D eigenvalue weighted by Gasteiger charge is -2.12. The Kier molecular flexibility index (Phi) is 8.17. The molecule has 1 aromatic heterocycles. The molecular formula is C24H26N4O2S2. The first kappa shape index (κ1) is 22.4. The second kappa shape index (κ2) is 11.7. The average Bonchev–Trinajstić information content (AvgIpc) is 3.28. The summed E-state index contributed by atoms with van der Waals surface area (Å²) in [5.41, 5.74) is 2.37. The van der Waals surface area contributed by atoms with Crippen molar-refractivity contribution in [2.24, 2.45) is 0 Å². The van der Waals surface area contributed by atoms with Crippen molar-refractivity contribution in [3.05, 3.63) is 66.2 Å². The zero-order valence-corrected chi connectivity index (χ0v) is 19.4. The van der Waals surface area contributed by atoms with Crippen LogP contribution in [0, 0.1) is 0 Å². The molecule has 1 aliphatic rings. The predicted molar refractivity (Wildman–Crippen MR) is 131 cm³/mol. The summed E-state index contributed by atoms with van der Waals surface area (Å²) in [6.07, 6.45) is 8.20. The zero-order chi connectivity index (χ0) is 22.0. The summed E-state index contributed by atoms with van der Waals surface area (Å²) in [5, 5.41) is 15.3. The molecule has 4 rings (SSSR count). The van der Waals surface area contributed by atoms with E-state index in [4.69, 9.17) is 4.74 Å². The number of nitrogens with zero attached hydrogens (tertiary/aromatic N) is 2. The molecule has 0 atom stereocenters. The van der Waals surface area contributed by atoms with Gasteiger partial charge in [-0.05, 0) is 68.5 Å². The van der Waals surface area contributed by atoms with Crippen molar-refractivity contribution in [1.29, 1.82) is 0 Å². The second-order valence-corrected chi connectivity index (χ2v) is 9.63. The van der Waals surface area contributed by atoms with E-state index >= 15 is 0 Å². The van der Waals surface area contributed by atoms with Crippen LogP contribution in [0.15, 0.2) is 70.6 Å². The summed E-state index contributed by atoms with van der Waals surface area (Å²) < 4.78 is 6.57. The minimum atomic E-state index is 0.0325. The number of benzene rings is 2. The minimum Gasteiger partial charge on any atom is -0.457 e. The number of anilines is 2. The number of allylic oxidation sites excluding steroid dienone is 1. The molecule has 1 amide bonds. The lowest BCUT2D eigenvalue weighted by molar-refractivity contribution is -0.118. The lowest BCUT2D eigenvalue weighted by Crippen LogP contribution is -2.26. The first-order chi connectivity index (χ1) is 15.7. The minimum absolute atomic E-state index is 0.0325. The van der Waals surface area contributed by atoms with Gasteiger partial charge in [-0.15, -0.1) is 10.2 Å². The number of ether oxygens (including phenoxy) is 1. The fourth-order valence-corrected chi connectivity index (χ4v) is 4.95. The predicted octanol–water partition coefficient (Wildman–Crippen LogP) is 6.17.